The second kappa shape index (κ2) is 9.65. The molecule has 0 bridgehead atoms. The zero-order valence-electron chi connectivity index (χ0n) is 20.3. The van der Waals surface area contributed by atoms with Crippen molar-refractivity contribution in [1.29, 1.82) is 5.26 Å². The monoisotopic (exact) mass is 556 g/mol. The quantitative estimate of drug-likeness (QED) is 0.332. The van der Waals surface area contributed by atoms with Gasteiger partial charge in [0.1, 0.15) is 23.8 Å². The third-order valence-corrected chi connectivity index (χ3v) is 8.27. The normalized spacial score (nSPS) is 18.2. The Morgan fingerprint density at radius 3 is 2.82 bits per heavy atom. The van der Waals surface area contributed by atoms with Crippen LogP contribution in [-0.4, -0.2) is 70.1 Å². The molecule has 13 heteroatoms. The van der Waals surface area contributed by atoms with E-state index in [2.05, 4.69) is 31.4 Å². The number of aromatic nitrogens is 3. The Bertz CT molecular complexity index is 1600. The summed E-state index contributed by atoms with van der Waals surface area (Å²) in [7, 11) is 2.04. The third-order valence-electron chi connectivity index (χ3n) is 7.08. The van der Waals surface area contributed by atoms with Crippen molar-refractivity contribution in [1.82, 2.24) is 24.8 Å². The van der Waals surface area contributed by atoms with Gasteiger partial charge >= 0.3 is 6.01 Å². The van der Waals surface area contributed by atoms with Crippen LogP contribution in [0.5, 0.6) is 6.01 Å². The first-order valence-electron chi connectivity index (χ1n) is 12.1. The molecule has 2 aromatic heterocycles. The maximum Gasteiger partial charge on any atom is 0.319 e. The first-order chi connectivity index (χ1) is 18.3. The van der Waals surface area contributed by atoms with Crippen LogP contribution in [0, 0.1) is 23.1 Å². The van der Waals surface area contributed by atoms with E-state index in [0.29, 0.717) is 36.5 Å². The minimum atomic E-state index is -0.701. The molecule has 6 rings (SSSR count). The number of thiazole rings is 1. The van der Waals surface area contributed by atoms with E-state index in [1.165, 1.54) is 12.1 Å². The van der Waals surface area contributed by atoms with Crippen LogP contribution in [0.4, 0.5) is 19.7 Å². The Morgan fingerprint density at radius 2 is 2.08 bits per heavy atom. The van der Waals surface area contributed by atoms with Crippen molar-refractivity contribution in [2.45, 2.75) is 24.9 Å². The standard InChI is InChI=1S/C25H23ClF2N8OS/c1-35-6-2-3-13(35)10-37-25-33-20-15(23(34-25)31-12-8-36(9-12)11-29)7-16(26)18(19(20)28)14-4-5-17(27)22-21(14)32-24(30)38-22/h4-5,7,12-13H,2-3,6,8-10H2,1H3,(H2,30,32)(H,31,33,34). The van der Waals surface area contributed by atoms with Gasteiger partial charge in [0.25, 0.3) is 0 Å². The van der Waals surface area contributed by atoms with E-state index in [4.69, 9.17) is 27.3 Å². The SMILES string of the molecule is CN1CCCC1COc1nc(NC2CN(C#N)C2)c2cc(Cl)c(-c3ccc(F)c4sc(N)nc34)c(F)c2n1. The summed E-state index contributed by atoms with van der Waals surface area (Å²) < 4.78 is 36.9. The largest absolute Gasteiger partial charge is 0.462 e. The predicted molar refractivity (Wildman–Crippen MR) is 143 cm³/mol. The summed E-state index contributed by atoms with van der Waals surface area (Å²) in [5.41, 5.74) is 6.42. The predicted octanol–water partition coefficient (Wildman–Crippen LogP) is 4.47. The lowest BCUT2D eigenvalue weighted by molar-refractivity contribution is 0.188. The molecule has 196 valence electrons. The average molecular weight is 557 g/mol. The molecule has 3 N–H and O–H groups in total. The number of likely N-dealkylation sites (N-methyl/N-ethyl adjacent to an activating group) is 1. The van der Waals surface area contributed by atoms with Gasteiger partial charge in [-0.2, -0.15) is 15.2 Å². The van der Waals surface area contributed by atoms with Gasteiger partial charge in [-0.05, 0) is 44.6 Å². The van der Waals surface area contributed by atoms with Crippen LogP contribution in [-0.2, 0) is 0 Å². The number of nitrogens with two attached hydrogens (primary N) is 1. The number of benzene rings is 2. The second-order valence-electron chi connectivity index (χ2n) is 9.56. The summed E-state index contributed by atoms with van der Waals surface area (Å²) >= 11 is 7.62. The van der Waals surface area contributed by atoms with Crippen molar-refractivity contribution in [3.8, 4) is 23.3 Å². The number of halogens is 3. The van der Waals surface area contributed by atoms with Crippen molar-refractivity contribution < 1.29 is 13.5 Å². The number of anilines is 2. The number of rotatable bonds is 6. The van der Waals surface area contributed by atoms with E-state index in [0.717, 1.165) is 30.7 Å². The van der Waals surface area contributed by atoms with Crippen LogP contribution in [0.2, 0.25) is 5.02 Å². The third kappa shape index (κ3) is 4.30. The summed E-state index contributed by atoms with van der Waals surface area (Å²) in [5.74, 6) is -0.835. The van der Waals surface area contributed by atoms with Gasteiger partial charge in [0, 0.05) is 22.6 Å². The number of nitrogen functional groups attached to an aromatic ring is 1. The number of nitrogens with one attached hydrogen (secondary N) is 1. The van der Waals surface area contributed by atoms with Crippen LogP contribution in [0.3, 0.4) is 0 Å². The Morgan fingerprint density at radius 1 is 1.26 bits per heavy atom. The first-order valence-corrected chi connectivity index (χ1v) is 13.3. The highest BCUT2D eigenvalue weighted by Gasteiger charge is 2.29. The molecule has 1 unspecified atom stereocenters. The van der Waals surface area contributed by atoms with E-state index in [1.54, 1.807) is 11.0 Å². The molecule has 1 atom stereocenters. The highest BCUT2D eigenvalue weighted by Crippen LogP contribution is 2.42. The lowest BCUT2D eigenvalue weighted by Gasteiger charge is -2.35. The van der Waals surface area contributed by atoms with Gasteiger partial charge in [-0.1, -0.05) is 22.9 Å². The molecule has 4 heterocycles. The lowest BCUT2D eigenvalue weighted by Crippen LogP contribution is -2.52. The number of fused-ring (bicyclic) bond motifs is 2. The Labute approximate surface area is 225 Å². The first kappa shape index (κ1) is 24.8. The highest BCUT2D eigenvalue weighted by molar-refractivity contribution is 7.22. The van der Waals surface area contributed by atoms with E-state index < -0.39 is 11.6 Å². The lowest BCUT2D eigenvalue weighted by atomic mass is 10.0. The molecule has 38 heavy (non-hydrogen) atoms. The van der Waals surface area contributed by atoms with Crippen molar-refractivity contribution in [3.63, 3.8) is 0 Å². The Balaban J connectivity index is 1.46. The van der Waals surface area contributed by atoms with Gasteiger partial charge in [0.05, 0.1) is 34.4 Å². The smallest absolute Gasteiger partial charge is 0.319 e. The zero-order chi connectivity index (χ0) is 26.6. The van der Waals surface area contributed by atoms with Gasteiger partial charge in [-0.3, -0.25) is 0 Å². The molecule has 0 saturated carbocycles. The number of nitrogens with zero attached hydrogens (tertiary/aromatic N) is 6. The van der Waals surface area contributed by atoms with Crippen LogP contribution in [0.25, 0.3) is 32.2 Å². The van der Waals surface area contributed by atoms with Crippen molar-refractivity contribution in [2.75, 3.05) is 44.3 Å². The van der Waals surface area contributed by atoms with E-state index >= 15 is 4.39 Å². The number of likely N-dealkylation sites (tertiary alicyclic amines) is 2. The summed E-state index contributed by atoms with van der Waals surface area (Å²) in [6.45, 7) is 2.35. The van der Waals surface area contributed by atoms with Crippen LogP contribution >= 0.6 is 22.9 Å². The van der Waals surface area contributed by atoms with Crippen molar-refractivity contribution >= 4 is 55.0 Å². The van der Waals surface area contributed by atoms with Gasteiger partial charge in [-0.15, -0.1) is 0 Å². The molecule has 4 aromatic rings. The fourth-order valence-corrected chi connectivity index (χ4v) is 6.05. The van der Waals surface area contributed by atoms with Crippen LogP contribution in [0.1, 0.15) is 12.8 Å². The molecule has 9 nitrogen and oxygen atoms in total. The van der Waals surface area contributed by atoms with E-state index in [1.807, 2.05) is 7.05 Å². The minimum absolute atomic E-state index is 0.00816. The highest BCUT2D eigenvalue weighted by atomic mass is 35.5. The van der Waals surface area contributed by atoms with Gasteiger partial charge < -0.3 is 25.6 Å². The van der Waals surface area contributed by atoms with Gasteiger partial charge in [-0.25, -0.2) is 13.8 Å². The maximum atomic E-state index is 16.3. The molecule has 0 radical (unpaired) electrons. The Kier molecular flexibility index (Phi) is 6.29. The fraction of sp³-hybridized carbons (Fsp3) is 0.360. The molecule has 0 amide bonds. The van der Waals surface area contributed by atoms with E-state index in [-0.39, 0.29) is 49.5 Å². The molecular formula is C25H23ClF2N8OS. The summed E-state index contributed by atoms with van der Waals surface area (Å²) in [6, 6.07) is 4.45. The topological polar surface area (TPSA) is 116 Å². The molecular weight excluding hydrogens is 534 g/mol. The van der Waals surface area contributed by atoms with Gasteiger partial charge in [0.15, 0.2) is 17.1 Å². The average Bonchev–Trinajstić information content (AvgIpc) is 3.46. The van der Waals surface area contributed by atoms with E-state index in [9.17, 15) is 4.39 Å². The summed E-state index contributed by atoms with van der Waals surface area (Å²) in [5, 5.41) is 13.0. The number of nitriles is 1. The summed E-state index contributed by atoms with van der Waals surface area (Å²) in [4.78, 5) is 17.0. The van der Waals surface area contributed by atoms with Gasteiger partial charge in [0.2, 0.25) is 0 Å². The van der Waals surface area contributed by atoms with Crippen LogP contribution in [0.15, 0.2) is 18.2 Å². The maximum absolute atomic E-state index is 16.3. The number of ether oxygens (including phenoxy) is 1. The van der Waals surface area contributed by atoms with Crippen molar-refractivity contribution in [2.24, 2.45) is 0 Å². The molecule has 0 aliphatic carbocycles. The number of hydrogen-bond acceptors (Lipinski definition) is 10. The Hall–Kier alpha value is -3.53. The molecule has 2 aliphatic heterocycles. The van der Waals surface area contributed by atoms with Crippen molar-refractivity contribution in [3.05, 3.63) is 34.9 Å². The summed E-state index contributed by atoms with van der Waals surface area (Å²) in [6.07, 6.45) is 4.17. The zero-order valence-corrected chi connectivity index (χ0v) is 21.9. The molecule has 0 spiro atoms. The second-order valence-corrected chi connectivity index (χ2v) is 11.0. The molecule has 2 aromatic carbocycles. The molecule has 2 fully saturated rings. The molecule has 2 aliphatic rings. The molecule has 2 saturated heterocycles. The minimum Gasteiger partial charge on any atom is -0.462 e. The van der Waals surface area contributed by atoms with Crippen LogP contribution < -0.4 is 15.8 Å². The fourth-order valence-electron chi connectivity index (χ4n) is 5.00. The number of hydrogen-bond donors (Lipinski definition) is 2.